The van der Waals surface area contributed by atoms with Crippen molar-refractivity contribution >= 4 is 5.97 Å². The fourth-order valence-corrected chi connectivity index (χ4v) is 3.24. The molecule has 0 unspecified atom stereocenters. The van der Waals surface area contributed by atoms with Gasteiger partial charge in [0.15, 0.2) is 12.2 Å². The molecule has 1 N–H and O–H groups in total. The maximum absolute atomic E-state index is 13.1. The van der Waals surface area contributed by atoms with Crippen molar-refractivity contribution in [2.24, 2.45) is 5.92 Å². The molecule has 0 aromatic heterocycles. The maximum atomic E-state index is 13.1. The van der Waals surface area contributed by atoms with E-state index in [9.17, 15) is 9.90 Å². The van der Waals surface area contributed by atoms with Crippen LogP contribution in [0.3, 0.4) is 0 Å². The molecule has 142 valence electrons. The summed E-state index contributed by atoms with van der Waals surface area (Å²) in [6, 6.07) is 8.28. The van der Waals surface area contributed by atoms with E-state index in [1.807, 2.05) is 0 Å². The largest absolute Gasteiger partial charge is 0.450 e. The Labute approximate surface area is 168 Å². The Morgan fingerprint density at radius 2 is 1.96 bits per heavy atom. The second kappa shape index (κ2) is 10.4. The Bertz CT molecular complexity index is 854. The van der Waals surface area contributed by atoms with Crippen LogP contribution in [0, 0.1) is 17.8 Å². The summed E-state index contributed by atoms with van der Waals surface area (Å²) in [5, 5.41) is 11.5. The molecular formula is C22H31NO3. The van der Waals surface area contributed by atoms with Gasteiger partial charge in [0.25, 0.3) is 0 Å². The van der Waals surface area contributed by atoms with Crippen molar-refractivity contribution in [1.29, 1.82) is 0 Å². The Kier molecular flexibility index (Phi) is 4.69. The number of hydrogen-bond acceptors (Lipinski definition) is 4. The van der Waals surface area contributed by atoms with E-state index < -0.39 is 50.8 Å². The van der Waals surface area contributed by atoms with Gasteiger partial charge in [-0.05, 0) is 31.5 Å². The standard InChI is InChI=1S/C22H31NO3/c1-3-23(4-2)17-11-12-18-26-21(24)22(25,19-13-7-5-8-14-19)20-15-9-6-10-16-20/h5,7-8,13-14,20,25H,3-4,6,9-10,15-18H2,1-2H3/t22-/m0/s1/i1D3,2D3,18D2. The Morgan fingerprint density at radius 3 is 2.62 bits per heavy atom. The molecule has 1 aliphatic carbocycles. The monoisotopic (exact) mass is 365 g/mol. The minimum absolute atomic E-state index is 0.317. The van der Waals surface area contributed by atoms with Gasteiger partial charge in [0.1, 0.15) is 0 Å². The quantitative estimate of drug-likeness (QED) is 0.595. The van der Waals surface area contributed by atoms with Crippen molar-refractivity contribution in [3.05, 3.63) is 35.9 Å². The smallest absolute Gasteiger partial charge is 0.344 e. The van der Waals surface area contributed by atoms with Gasteiger partial charge in [-0.1, -0.05) is 75.1 Å². The molecule has 0 amide bonds. The van der Waals surface area contributed by atoms with Crippen molar-refractivity contribution in [2.45, 2.75) is 51.4 Å². The topological polar surface area (TPSA) is 49.8 Å². The van der Waals surface area contributed by atoms with Gasteiger partial charge in [-0.15, -0.1) is 0 Å². The number of nitrogens with zero attached hydrogens (tertiary/aromatic N) is 1. The Hall–Kier alpha value is -1.83. The molecule has 2 rings (SSSR count). The van der Waals surface area contributed by atoms with E-state index in [4.69, 9.17) is 15.7 Å². The van der Waals surface area contributed by atoms with Crippen molar-refractivity contribution < 1.29 is 25.6 Å². The molecule has 1 saturated carbocycles. The first-order valence-electron chi connectivity index (χ1n) is 12.9. The first kappa shape index (κ1) is 11.8. The second-order valence-electron chi connectivity index (χ2n) is 6.41. The summed E-state index contributed by atoms with van der Waals surface area (Å²) < 4.78 is 65.2. The highest BCUT2D eigenvalue weighted by molar-refractivity contribution is 5.81. The first-order chi connectivity index (χ1) is 15.6. The third-order valence-electron chi connectivity index (χ3n) is 4.75. The van der Waals surface area contributed by atoms with E-state index in [1.54, 1.807) is 30.3 Å². The van der Waals surface area contributed by atoms with Crippen LogP contribution in [0.2, 0.25) is 0 Å². The number of benzene rings is 1. The van der Waals surface area contributed by atoms with Crippen LogP contribution in [0.1, 0.15) is 62.3 Å². The molecule has 1 fully saturated rings. The number of carbonyl (C=O) groups excluding carboxylic acids is 1. The van der Waals surface area contributed by atoms with Crippen molar-refractivity contribution in [3.63, 3.8) is 0 Å². The van der Waals surface area contributed by atoms with Crippen molar-refractivity contribution in [1.82, 2.24) is 4.90 Å². The normalized spacial score (nSPS) is 23.3. The van der Waals surface area contributed by atoms with Crippen LogP contribution in [0.15, 0.2) is 30.3 Å². The van der Waals surface area contributed by atoms with Gasteiger partial charge in [-0.25, -0.2) is 4.79 Å². The number of esters is 1. The number of carbonyl (C=O) groups is 1. The molecule has 0 heterocycles. The molecule has 0 spiro atoms. The van der Waals surface area contributed by atoms with E-state index in [2.05, 4.69) is 11.8 Å². The fraction of sp³-hybridized carbons (Fsp3) is 0.591. The van der Waals surface area contributed by atoms with Gasteiger partial charge in [0.05, 0.1) is 9.29 Å². The predicted molar refractivity (Wildman–Crippen MR) is 103 cm³/mol. The molecule has 0 radical (unpaired) electrons. The average molecular weight is 366 g/mol. The van der Waals surface area contributed by atoms with Crippen LogP contribution < -0.4 is 0 Å². The lowest BCUT2D eigenvalue weighted by Crippen LogP contribution is -2.45. The summed E-state index contributed by atoms with van der Waals surface area (Å²) in [7, 11) is 0. The van der Waals surface area contributed by atoms with Crippen LogP contribution in [0.25, 0.3) is 0 Å². The summed E-state index contributed by atoms with van der Waals surface area (Å²) in [4.78, 5) is 14.2. The number of ether oxygens (including phenoxy) is 1. The number of aliphatic hydroxyl groups is 1. The predicted octanol–water partition coefficient (Wildman–Crippen LogP) is 3.34. The molecule has 26 heavy (non-hydrogen) atoms. The molecule has 1 atom stereocenters. The fourth-order valence-electron chi connectivity index (χ4n) is 3.24. The first-order valence-corrected chi connectivity index (χ1v) is 8.86. The minimum atomic E-state index is -2.78. The second-order valence-corrected chi connectivity index (χ2v) is 6.41. The third-order valence-corrected chi connectivity index (χ3v) is 4.75. The van der Waals surface area contributed by atoms with Crippen LogP contribution in [0.4, 0.5) is 0 Å². The van der Waals surface area contributed by atoms with Crippen molar-refractivity contribution in [3.8, 4) is 11.8 Å². The van der Waals surface area contributed by atoms with E-state index >= 15 is 0 Å². The van der Waals surface area contributed by atoms with Crippen LogP contribution in [-0.4, -0.2) is 42.2 Å². The van der Waals surface area contributed by atoms with Crippen molar-refractivity contribution in [2.75, 3.05) is 26.2 Å². The van der Waals surface area contributed by atoms with E-state index in [0.29, 0.717) is 18.4 Å². The van der Waals surface area contributed by atoms with Gasteiger partial charge in [0, 0.05) is 14.1 Å². The molecular weight excluding hydrogens is 326 g/mol. The molecule has 4 nitrogen and oxygen atoms in total. The zero-order chi connectivity index (χ0) is 25.6. The Morgan fingerprint density at radius 1 is 1.27 bits per heavy atom. The number of hydrogen-bond donors (Lipinski definition) is 1. The summed E-state index contributed by atoms with van der Waals surface area (Å²) in [6.07, 6.45) is 3.85. The Balaban J connectivity index is 2.19. The highest BCUT2D eigenvalue weighted by Gasteiger charge is 2.46. The highest BCUT2D eigenvalue weighted by Crippen LogP contribution is 2.40. The van der Waals surface area contributed by atoms with E-state index in [-0.39, 0.29) is 6.54 Å². The van der Waals surface area contributed by atoms with Gasteiger partial charge in [-0.2, -0.15) is 0 Å². The molecule has 4 heteroatoms. The molecule has 1 aromatic carbocycles. The third kappa shape index (κ3) is 5.09. The lowest BCUT2D eigenvalue weighted by Gasteiger charge is -2.36. The summed E-state index contributed by atoms with van der Waals surface area (Å²) in [5.41, 5.74) is -1.72. The van der Waals surface area contributed by atoms with Crippen LogP contribution in [-0.2, 0) is 15.1 Å². The minimum Gasteiger partial charge on any atom is -0.450 e. The van der Waals surface area contributed by atoms with Crippen LogP contribution in [0.5, 0.6) is 0 Å². The lowest BCUT2D eigenvalue weighted by molar-refractivity contribution is -0.174. The van der Waals surface area contributed by atoms with Gasteiger partial charge in [0.2, 0.25) is 0 Å². The number of rotatable bonds is 7. The maximum Gasteiger partial charge on any atom is 0.344 e. The zero-order valence-corrected chi connectivity index (χ0v) is 14.8. The van der Waals surface area contributed by atoms with Gasteiger partial charge in [-0.3, -0.25) is 4.90 Å². The lowest BCUT2D eigenvalue weighted by atomic mass is 9.73. The molecule has 0 bridgehead atoms. The van der Waals surface area contributed by atoms with E-state index in [1.165, 1.54) is 0 Å². The van der Waals surface area contributed by atoms with Gasteiger partial charge < -0.3 is 9.84 Å². The highest BCUT2D eigenvalue weighted by atomic mass is 16.5. The molecule has 1 aliphatic rings. The van der Waals surface area contributed by atoms with Gasteiger partial charge >= 0.3 is 5.97 Å². The average Bonchev–Trinajstić information content (AvgIpc) is 2.71. The molecule has 0 saturated heterocycles. The SMILES string of the molecule is [2H]C([2H])([2H])CN(CC#CC([2H])([2H])OC(=O)[C@](O)(c1ccccc1)C1CCCCC1)CC([2H])([2H])[2H]. The van der Waals surface area contributed by atoms with E-state index in [0.717, 1.165) is 24.2 Å². The molecule has 0 aliphatic heterocycles. The summed E-state index contributed by atoms with van der Waals surface area (Å²) >= 11 is 0. The summed E-state index contributed by atoms with van der Waals surface area (Å²) in [6.45, 7) is -9.06. The summed E-state index contributed by atoms with van der Waals surface area (Å²) in [5.74, 6) is 2.95. The molecule has 1 aromatic rings. The van der Waals surface area contributed by atoms with Crippen LogP contribution >= 0.6 is 0 Å². The zero-order valence-electron chi connectivity index (χ0n) is 22.8.